The Morgan fingerprint density at radius 1 is 1.21 bits per heavy atom. The minimum atomic E-state index is -0.662. The summed E-state index contributed by atoms with van der Waals surface area (Å²) in [5, 5.41) is 0. The molecule has 0 fully saturated rings. The van der Waals surface area contributed by atoms with Crippen molar-refractivity contribution in [2.75, 3.05) is 20.3 Å². The Hall–Kier alpha value is -2.47. The highest BCUT2D eigenvalue weighted by molar-refractivity contribution is 6.09. The van der Waals surface area contributed by atoms with Crippen molar-refractivity contribution in [2.24, 2.45) is 10.9 Å². The normalized spacial score (nSPS) is 21.7. The summed E-state index contributed by atoms with van der Waals surface area (Å²) in [6.07, 6.45) is 1.97. The Morgan fingerprint density at radius 2 is 1.97 bits per heavy atom. The zero-order valence-corrected chi connectivity index (χ0v) is 17.6. The van der Waals surface area contributed by atoms with Gasteiger partial charge in [-0.15, -0.1) is 0 Å². The molecule has 1 aromatic carbocycles. The van der Waals surface area contributed by atoms with Crippen molar-refractivity contribution in [3.05, 3.63) is 41.1 Å². The van der Waals surface area contributed by atoms with E-state index < -0.39 is 17.8 Å². The molecule has 0 spiro atoms. The smallest absolute Gasteiger partial charge is 0.315 e. The van der Waals surface area contributed by atoms with E-state index in [0.717, 1.165) is 24.1 Å². The fraction of sp³-hybridized carbons (Fsp3) is 0.522. The van der Waals surface area contributed by atoms with E-state index in [2.05, 4.69) is 4.99 Å². The number of nitrogens with zero attached hydrogens (tertiary/aromatic N) is 1. The third kappa shape index (κ3) is 4.58. The predicted octanol–water partition coefficient (Wildman–Crippen LogP) is 3.84. The zero-order chi connectivity index (χ0) is 21.0. The van der Waals surface area contributed by atoms with Crippen LogP contribution in [0.15, 0.2) is 40.5 Å². The van der Waals surface area contributed by atoms with E-state index in [1.165, 1.54) is 0 Å². The molecule has 29 heavy (non-hydrogen) atoms. The molecule has 2 atom stereocenters. The van der Waals surface area contributed by atoms with Crippen LogP contribution < -0.4 is 4.74 Å². The largest absolute Gasteiger partial charge is 0.491 e. The van der Waals surface area contributed by atoms with Crippen LogP contribution in [0.5, 0.6) is 5.75 Å². The minimum Gasteiger partial charge on any atom is -0.491 e. The van der Waals surface area contributed by atoms with E-state index in [9.17, 15) is 9.59 Å². The second-order valence-corrected chi connectivity index (χ2v) is 7.71. The van der Waals surface area contributed by atoms with E-state index in [-0.39, 0.29) is 18.5 Å². The minimum absolute atomic E-state index is 0.0304. The highest BCUT2D eigenvalue weighted by Crippen LogP contribution is 2.46. The lowest BCUT2D eigenvalue weighted by Gasteiger charge is -2.35. The predicted molar refractivity (Wildman–Crippen MR) is 110 cm³/mol. The van der Waals surface area contributed by atoms with Gasteiger partial charge in [-0.2, -0.15) is 0 Å². The summed E-state index contributed by atoms with van der Waals surface area (Å²) in [6.45, 7) is 6.23. The molecule has 1 aliphatic heterocycles. The van der Waals surface area contributed by atoms with Crippen LogP contribution in [0, 0.1) is 5.92 Å². The number of ether oxygens (including phenoxy) is 3. The number of aliphatic imine (C=N–C) groups is 1. The molecule has 1 heterocycles. The maximum absolute atomic E-state index is 13.0. The molecular formula is C23H29NO5. The van der Waals surface area contributed by atoms with E-state index in [1.807, 2.05) is 45.0 Å². The lowest BCUT2D eigenvalue weighted by molar-refractivity contribution is -0.147. The number of methoxy groups -OCH3 is 1. The first kappa shape index (κ1) is 21.2. The summed E-state index contributed by atoms with van der Waals surface area (Å²) in [5.74, 6) is -0.772. The van der Waals surface area contributed by atoms with E-state index in [0.29, 0.717) is 30.1 Å². The molecule has 0 saturated heterocycles. The Balaban J connectivity index is 2.09. The maximum Gasteiger partial charge on any atom is 0.315 e. The standard InChI is InChI=1S/C23H29NO5/c1-14(2)29-19-11-6-5-8-16(19)21-20(23(26)28-13-12-27-4)15(3)24-17-9-7-10-18(25)22(17)21/h5-6,8,11,14,20-21H,7,9-10,12-13H2,1-4H3/t20?,21-/m0/s1. The molecule has 0 radical (unpaired) electrons. The summed E-state index contributed by atoms with van der Waals surface area (Å²) in [5.41, 5.74) is 2.93. The van der Waals surface area contributed by atoms with Crippen LogP contribution >= 0.6 is 0 Å². The van der Waals surface area contributed by atoms with Crippen molar-refractivity contribution in [1.82, 2.24) is 0 Å². The number of allylic oxidation sites excluding steroid dienone is 2. The third-order valence-electron chi connectivity index (χ3n) is 5.24. The first-order valence-electron chi connectivity index (χ1n) is 10.2. The lowest BCUT2D eigenvalue weighted by atomic mass is 9.71. The van der Waals surface area contributed by atoms with E-state index in [4.69, 9.17) is 14.2 Å². The van der Waals surface area contributed by atoms with Gasteiger partial charge >= 0.3 is 5.97 Å². The van der Waals surface area contributed by atoms with Gasteiger partial charge in [-0.3, -0.25) is 14.6 Å². The maximum atomic E-state index is 13.0. The van der Waals surface area contributed by atoms with Crippen molar-refractivity contribution in [1.29, 1.82) is 0 Å². The van der Waals surface area contributed by atoms with Crippen molar-refractivity contribution in [3.8, 4) is 5.75 Å². The summed E-state index contributed by atoms with van der Waals surface area (Å²) in [7, 11) is 1.56. The molecule has 3 rings (SSSR count). The number of carbonyl (C=O) groups is 2. The molecule has 0 N–H and O–H groups in total. The van der Waals surface area contributed by atoms with E-state index in [1.54, 1.807) is 7.11 Å². The molecule has 0 aromatic heterocycles. The quantitative estimate of drug-likeness (QED) is 0.514. The van der Waals surface area contributed by atoms with Crippen LogP contribution in [0.2, 0.25) is 0 Å². The number of ketones is 1. The topological polar surface area (TPSA) is 74.2 Å². The van der Waals surface area contributed by atoms with E-state index >= 15 is 0 Å². The van der Waals surface area contributed by atoms with Gasteiger partial charge < -0.3 is 14.2 Å². The Labute approximate surface area is 171 Å². The first-order chi connectivity index (χ1) is 13.9. The average Bonchev–Trinajstić information content (AvgIpc) is 2.67. The van der Waals surface area contributed by atoms with Gasteiger partial charge in [0.2, 0.25) is 0 Å². The first-order valence-corrected chi connectivity index (χ1v) is 10.2. The average molecular weight is 399 g/mol. The van der Waals surface area contributed by atoms with Gasteiger partial charge in [-0.1, -0.05) is 18.2 Å². The van der Waals surface area contributed by atoms with Crippen molar-refractivity contribution < 1.29 is 23.8 Å². The van der Waals surface area contributed by atoms with Crippen molar-refractivity contribution >= 4 is 17.5 Å². The molecule has 1 unspecified atom stereocenters. The van der Waals surface area contributed by atoms with Gasteiger partial charge in [0, 0.05) is 42.0 Å². The molecule has 6 nitrogen and oxygen atoms in total. The molecule has 0 amide bonds. The highest BCUT2D eigenvalue weighted by Gasteiger charge is 2.44. The molecule has 2 aliphatic rings. The van der Waals surface area contributed by atoms with Gasteiger partial charge in [-0.05, 0) is 39.7 Å². The number of esters is 1. The summed E-state index contributed by atoms with van der Waals surface area (Å²) in [4.78, 5) is 30.6. The number of benzene rings is 1. The third-order valence-corrected chi connectivity index (χ3v) is 5.24. The Morgan fingerprint density at radius 3 is 2.69 bits per heavy atom. The van der Waals surface area contributed by atoms with Crippen molar-refractivity contribution in [3.63, 3.8) is 0 Å². The number of carbonyl (C=O) groups excluding carboxylic acids is 2. The van der Waals surface area contributed by atoms with Gasteiger partial charge in [0.1, 0.15) is 18.3 Å². The fourth-order valence-corrected chi connectivity index (χ4v) is 4.06. The highest BCUT2D eigenvalue weighted by atomic mass is 16.6. The van der Waals surface area contributed by atoms with Crippen LogP contribution in [-0.2, 0) is 19.1 Å². The van der Waals surface area contributed by atoms with Crippen LogP contribution in [0.3, 0.4) is 0 Å². The molecule has 156 valence electrons. The van der Waals surface area contributed by atoms with Gasteiger partial charge in [0.25, 0.3) is 0 Å². The Kier molecular flexibility index (Phi) is 6.85. The summed E-state index contributed by atoms with van der Waals surface area (Å²) < 4.78 is 16.5. The monoisotopic (exact) mass is 399 g/mol. The molecule has 1 aliphatic carbocycles. The van der Waals surface area contributed by atoms with Gasteiger partial charge in [0.05, 0.1) is 12.7 Å². The molecule has 0 saturated carbocycles. The number of rotatable bonds is 7. The van der Waals surface area contributed by atoms with Gasteiger partial charge in [-0.25, -0.2) is 0 Å². The molecule has 0 bridgehead atoms. The summed E-state index contributed by atoms with van der Waals surface area (Å²) in [6, 6.07) is 7.62. The number of hydrogen-bond donors (Lipinski definition) is 0. The second-order valence-electron chi connectivity index (χ2n) is 7.71. The lowest BCUT2D eigenvalue weighted by Crippen LogP contribution is -2.37. The Bertz CT molecular complexity index is 839. The number of Topliss-reactive ketones (excluding diaryl/α,β-unsaturated/α-hetero) is 1. The number of hydrogen-bond acceptors (Lipinski definition) is 6. The molecule has 6 heteroatoms. The van der Waals surface area contributed by atoms with Crippen LogP contribution in [0.1, 0.15) is 51.5 Å². The number of para-hydroxylation sites is 1. The van der Waals surface area contributed by atoms with Crippen molar-refractivity contribution in [2.45, 2.75) is 52.1 Å². The SMILES string of the molecule is COCCOC(=O)C1C(C)=NC2=C(C(=O)CCC2)[C@H]1c1ccccc1OC(C)C. The molecular weight excluding hydrogens is 370 g/mol. The second kappa shape index (κ2) is 9.35. The zero-order valence-electron chi connectivity index (χ0n) is 17.6. The molecule has 1 aromatic rings. The van der Waals surface area contributed by atoms with Crippen LogP contribution in [0.25, 0.3) is 0 Å². The van der Waals surface area contributed by atoms with Crippen LogP contribution in [-0.4, -0.2) is 43.9 Å². The fourth-order valence-electron chi connectivity index (χ4n) is 4.06. The summed E-state index contributed by atoms with van der Waals surface area (Å²) >= 11 is 0. The van der Waals surface area contributed by atoms with Crippen LogP contribution in [0.4, 0.5) is 0 Å². The van der Waals surface area contributed by atoms with Gasteiger partial charge in [0.15, 0.2) is 5.78 Å².